The highest BCUT2D eigenvalue weighted by Crippen LogP contribution is 2.35. The van der Waals surface area contributed by atoms with Crippen LogP contribution in [0.25, 0.3) is 6.08 Å². The number of benzene rings is 2. The number of thioether (sulfide) groups is 1. The summed E-state index contributed by atoms with van der Waals surface area (Å²) < 4.78 is 11.6. The molecule has 3 rings (SSSR count). The minimum atomic E-state index is -0.0615. The quantitative estimate of drug-likeness (QED) is 0.397. The lowest BCUT2D eigenvalue weighted by Crippen LogP contribution is -2.23. The van der Waals surface area contributed by atoms with E-state index in [0.29, 0.717) is 29.0 Å². The van der Waals surface area contributed by atoms with Gasteiger partial charge in [-0.2, -0.15) is 0 Å². The average Bonchev–Trinajstić information content (AvgIpc) is 2.99. The van der Waals surface area contributed by atoms with Crippen LogP contribution in [0.5, 0.6) is 11.5 Å². The van der Waals surface area contributed by atoms with Crippen molar-refractivity contribution in [3.05, 3.63) is 58.5 Å². The van der Waals surface area contributed by atoms with E-state index in [1.807, 2.05) is 62.4 Å². The van der Waals surface area contributed by atoms with E-state index in [1.165, 1.54) is 11.8 Å². The third kappa shape index (κ3) is 5.25. The highest BCUT2D eigenvalue weighted by Gasteiger charge is 2.30. The number of rotatable bonds is 8. The van der Waals surface area contributed by atoms with Gasteiger partial charge in [-0.3, -0.25) is 9.69 Å². The lowest BCUT2D eigenvalue weighted by atomic mass is 10.2. The van der Waals surface area contributed by atoms with Crippen LogP contribution in [-0.4, -0.2) is 36.2 Å². The molecule has 0 spiro atoms. The molecule has 2 aromatic carbocycles. The van der Waals surface area contributed by atoms with E-state index in [2.05, 4.69) is 11.9 Å². The number of para-hydroxylation sites is 1. The highest BCUT2D eigenvalue weighted by atomic mass is 32.2. The van der Waals surface area contributed by atoms with E-state index in [1.54, 1.807) is 11.9 Å². The van der Waals surface area contributed by atoms with Crippen LogP contribution in [0.1, 0.15) is 37.8 Å². The molecule has 0 aromatic heterocycles. The first-order valence-electron chi connectivity index (χ1n) is 10.2. The summed E-state index contributed by atoms with van der Waals surface area (Å²) in [5.41, 5.74) is 2.83. The summed E-state index contributed by atoms with van der Waals surface area (Å²) in [5, 5.41) is 0.671. The number of ether oxygens (including phenoxy) is 2. The number of hydrogen-bond donors (Lipinski definition) is 0. The molecule has 30 heavy (non-hydrogen) atoms. The van der Waals surface area contributed by atoms with Crippen LogP contribution in [0.15, 0.2) is 52.4 Å². The molecule has 5 nitrogen and oxygen atoms in total. The minimum absolute atomic E-state index is 0.0615. The van der Waals surface area contributed by atoms with Crippen molar-refractivity contribution in [2.45, 2.75) is 33.6 Å². The van der Waals surface area contributed by atoms with Crippen molar-refractivity contribution in [3.63, 3.8) is 0 Å². The Morgan fingerprint density at radius 2 is 1.90 bits per heavy atom. The monoisotopic (exact) mass is 424 g/mol. The normalized spacial score (nSPS) is 16.5. The first kappa shape index (κ1) is 22.0. The number of amidine groups is 1. The Balaban J connectivity index is 1.84. The number of hydrogen-bond acceptors (Lipinski definition) is 5. The highest BCUT2D eigenvalue weighted by molar-refractivity contribution is 8.18. The van der Waals surface area contributed by atoms with E-state index in [9.17, 15) is 4.79 Å². The van der Waals surface area contributed by atoms with Gasteiger partial charge in [0.25, 0.3) is 5.91 Å². The van der Waals surface area contributed by atoms with Gasteiger partial charge in [0.2, 0.25) is 0 Å². The second-order valence-electron chi connectivity index (χ2n) is 7.00. The molecule has 0 atom stereocenters. The molecular formula is C24H28N2O3S. The van der Waals surface area contributed by atoms with Gasteiger partial charge in [-0.15, -0.1) is 0 Å². The molecule has 1 heterocycles. The van der Waals surface area contributed by atoms with Crippen LogP contribution >= 0.6 is 11.8 Å². The van der Waals surface area contributed by atoms with E-state index in [0.717, 1.165) is 35.4 Å². The fourth-order valence-corrected chi connectivity index (χ4v) is 3.90. The third-order valence-electron chi connectivity index (χ3n) is 4.66. The third-order valence-corrected chi connectivity index (χ3v) is 5.72. The molecule has 0 unspecified atom stereocenters. The van der Waals surface area contributed by atoms with Gasteiger partial charge in [-0.25, -0.2) is 4.99 Å². The fourth-order valence-electron chi connectivity index (χ4n) is 2.92. The van der Waals surface area contributed by atoms with Gasteiger partial charge in [-0.1, -0.05) is 37.6 Å². The Morgan fingerprint density at radius 3 is 2.63 bits per heavy atom. The van der Waals surface area contributed by atoms with Crippen LogP contribution in [0, 0.1) is 6.92 Å². The summed E-state index contributed by atoms with van der Waals surface area (Å²) in [6, 6.07) is 13.7. The number of likely N-dealkylation sites (N-methyl/N-ethyl adjacent to an activating group) is 1. The van der Waals surface area contributed by atoms with Gasteiger partial charge in [0.15, 0.2) is 16.7 Å². The zero-order chi connectivity index (χ0) is 21.5. The summed E-state index contributed by atoms with van der Waals surface area (Å²) in [6.45, 7) is 7.30. The maximum absolute atomic E-state index is 12.7. The van der Waals surface area contributed by atoms with Crippen molar-refractivity contribution in [1.29, 1.82) is 0 Å². The molecule has 2 aromatic rings. The van der Waals surface area contributed by atoms with Crippen molar-refractivity contribution in [3.8, 4) is 11.5 Å². The molecule has 0 bridgehead atoms. The van der Waals surface area contributed by atoms with Crippen LogP contribution in [0.2, 0.25) is 0 Å². The number of aliphatic imine (C=N–C) groups is 1. The van der Waals surface area contributed by atoms with Gasteiger partial charge in [0, 0.05) is 7.05 Å². The minimum Gasteiger partial charge on any atom is -0.490 e. The van der Waals surface area contributed by atoms with Crippen LogP contribution in [0.3, 0.4) is 0 Å². The lowest BCUT2D eigenvalue weighted by Gasteiger charge is -2.12. The molecule has 1 aliphatic rings. The second-order valence-corrected chi connectivity index (χ2v) is 8.01. The number of carbonyl (C=O) groups excluding carboxylic acids is 1. The Hall–Kier alpha value is -2.73. The maximum Gasteiger partial charge on any atom is 0.266 e. The average molecular weight is 425 g/mol. The van der Waals surface area contributed by atoms with Gasteiger partial charge in [-0.05, 0) is 67.4 Å². The predicted octanol–water partition coefficient (Wildman–Crippen LogP) is 5.81. The SMILES string of the molecule is CCCCOc1ccc(/C=C2/SC(=Nc3ccccc3C)N(C)C2=O)cc1OCC. The molecule has 0 aliphatic carbocycles. The molecule has 158 valence electrons. The Labute approximate surface area is 182 Å². The predicted molar refractivity (Wildman–Crippen MR) is 125 cm³/mol. The van der Waals surface area contributed by atoms with Crippen molar-refractivity contribution >= 4 is 34.6 Å². The Bertz CT molecular complexity index is 969. The first-order valence-corrected chi connectivity index (χ1v) is 11.1. The maximum atomic E-state index is 12.7. The van der Waals surface area contributed by atoms with Crippen LogP contribution in [0.4, 0.5) is 5.69 Å². The van der Waals surface area contributed by atoms with Crippen LogP contribution < -0.4 is 9.47 Å². The molecule has 0 saturated carbocycles. The lowest BCUT2D eigenvalue weighted by molar-refractivity contribution is -0.121. The summed E-state index contributed by atoms with van der Waals surface area (Å²) >= 11 is 1.38. The number of carbonyl (C=O) groups is 1. The van der Waals surface area contributed by atoms with E-state index < -0.39 is 0 Å². The number of aryl methyl sites for hydroxylation is 1. The molecule has 1 saturated heterocycles. The van der Waals surface area contributed by atoms with Gasteiger partial charge >= 0.3 is 0 Å². The van der Waals surface area contributed by atoms with Crippen LogP contribution in [-0.2, 0) is 4.79 Å². The summed E-state index contributed by atoms with van der Waals surface area (Å²) in [5.74, 6) is 1.37. The van der Waals surface area contributed by atoms with Crippen molar-refractivity contribution in [2.24, 2.45) is 4.99 Å². The van der Waals surface area contributed by atoms with E-state index in [4.69, 9.17) is 9.47 Å². The fraction of sp³-hybridized carbons (Fsp3) is 0.333. The molecule has 1 fully saturated rings. The van der Waals surface area contributed by atoms with E-state index >= 15 is 0 Å². The standard InChI is InChI=1S/C24H28N2O3S/c1-5-7-14-29-20-13-12-18(15-21(20)28-6-2)16-22-23(27)26(4)24(30-22)25-19-11-9-8-10-17(19)3/h8-13,15-16H,5-7,14H2,1-4H3/b22-16+,25-24?. The van der Waals surface area contributed by atoms with Gasteiger partial charge in [0.05, 0.1) is 23.8 Å². The first-order chi connectivity index (χ1) is 14.5. The van der Waals surface area contributed by atoms with Crippen molar-refractivity contribution < 1.29 is 14.3 Å². The van der Waals surface area contributed by atoms with Gasteiger partial charge in [0.1, 0.15) is 0 Å². The zero-order valence-electron chi connectivity index (χ0n) is 18.0. The molecule has 1 aliphatic heterocycles. The molecular weight excluding hydrogens is 396 g/mol. The molecule has 0 radical (unpaired) electrons. The Kier molecular flexibility index (Phi) is 7.57. The van der Waals surface area contributed by atoms with E-state index in [-0.39, 0.29) is 5.91 Å². The summed E-state index contributed by atoms with van der Waals surface area (Å²) in [6.07, 6.45) is 3.95. The smallest absolute Gasteiger partial charge is 0.266 e. The number of unbranched alkanes of at least 4 members (excludes halogenated alkanes) is 1. The Morgan fingerprint density at radius 1 is 1.10 bits per heavy atom. The molecule has 6 heteroatoms. The molecule has 1 amide bonds. The summed E-state index contributed by atoms with van der Waals surface area (Å²) in [4.78, 5) is 19.7. The summed E-state index contributed by atoms with van der Waals surface area (Å²) in [7, 11) is 1.75. The second kappa shape index (κ2) is 10.3. The molecule has 0 N–H and O–H groups in total. The topological polar surface area (TPSA) is 51.1 Å². The number of amides is 1. The van der Waals surface area contributed by atoms with Crippen molar-refractivity contribution in [1.82, 2.24) is 4.90 Å². The zero-order valence-corrected chi connectivity index (χ0v) is 18.8. The number of nitrogens with zero attached hydrogens (tertiary/aromatic N) is 2. The van der Waals surface area contributed by atoms with Crippen molar-refractivity contribution in [2.75, 3.05) is 20.3 Å². The largest absolute Gasteiger partial charge is 0.490 e. The van der Waals surface area contributed by atoms with Gasteiger partial charge < -0.3 is 9.47 Å².